The number of halogens is 2. The number of rotatable bonds is 7. The van der Waals surface area contributed by atoms with Crippen LogP contribution in [0.2, 0.25) is 0 Å². The summed E-state index contributed by atoms with van der Waals surface area (Å²) in [6, 6.07) is 8.46. The SMILES string of the molecule is C=C1C=C(CNc2nc(-c3cc(CC)n(Cc4ccccc4F)n3)ncc2F)CN1. The fraction of sp³-hybridized carbons (Fsp3) is 0.227. The van der Waals surface area contributed by atoms with Crippen LogP contribution in [0.15, 0.2) is 60.5 Å². The number of nitrogens with zero attached hydrogens (tertiary/aromatic N) is 4. The predicted octanol–water partition coefficient (Wildman–Crippen LogP) is 3.68. The van der Waals surface area contributed by atoms with E-state index in [4.69, 9.17) is 0 Å². The molecular weight excluding hydrogens is 386 g/mol. The first-order valence-electron chi connectivity index (χ1n) is 9.72. The Bertz CT molecular complexity index is 1120. The Hall–Kier alpha value is -3.55. The highest BCUT2D eigenvalue weighted by Crippen LogP contribution is 2.21. The number of anilines is 1. The van der Waals surface area contributed by atoms with E-state index in [9.17, 15) is 8.78 Å². The number of hydrogen-bond acceptors (Lipinski definition) is 5. The molecule has 6 nitrogen and oxygen atoms in total. The predicted molar refractivity (Wildman–Crippen MR) is 112 cm³/mol. The van der Waals surface area contributed by atoms with Crippen LogP contribution in [-0.2, 0) is 13.0 Å². The van der Waals surface area contributed by atoms with Gasteiger partial charge in [0, 0.05) is 30.0 Å². The Kier molecular flexibility index (Phi) is 5.56. The van der Waals surface area contributed by atoms with Crippen molar-refractivity contribution in [3.8, 4) is 11.5 Å². The average Bonchev–Trinajstić information content (AvgIpc) is 3.35. The minimum absolute atomic E-state index is 0.111. The molecular formula is C22H22F2N6. The Morgan fingerprint density at radius 3 is 2.80 bits per heavy atom. The van der Waals surface area contributed by atoms with Crippen molar-refractivity contribution in [3.05, 3.63) is 83.3 Å². The second-order valence-corrected chi connectivity index (χ2v) is 7.05. The summed E-state index contributed by atoms with van der Waals surface area (Å²) in [5.41, 5.74) is 3.87. The molecule has 8 heteroatoms. The normalized spacial score (nSPS) is 13.3. The average molecular weight is 408 g/mol. The third kappa shape index (κ3) is 4.22. The van der Waals surface area contributed by atoms with E-state index in [2.05, 4.69) is 32.3 Å². The molecule has 0 bridgehead atoms. The quantitative estimate of drug-likeness (QED) is 0.624. The van der Waals surface area contributed by atoms with Gasteiger partial charge in [-0.1, -0.05) is 31.7 Å². The maximum atomic E-state index is 14.2. The van der Waals surface area contributed by atoms with Gasteiger partial charge in [0.05, 0.1) is 12.7 Å². The van der Waals surface area contributed by atoms with Crippen LogP contribution < -0.4 is 10.6 Å². The molecule has 1 aromatic carbocycles. The first-order valence-corrected chi connectivity index (χ1v) is 9.72. The summed E-state index contributed by atoms with van der Waals surface area (Å²) in [4.78, 5) is 8.42. The van der Waals surface area contributed by atoms with Gasteiger partial charge in [0.25, 0.3) is 0 Å². The monoisotopic (exact) mass is 408 g/mol. The summed E-state index contributed by atoms with van der Waals surface area (Å²) in [5.74, 6) is -0.394. The van der Waals surface area contributed by atoms with E-state index in [1.807, 2.05) is 19.1 Å². The lowest BCUT2D eigenvalue weighted by molar-refractivity contribution is 0.576. The summed E-state index contributed by atoms with van der Waals surface area (Å²) in [5, 5.41) is 10.7. The molecule has 0 saturated carbocycles. The van der Waals surface area contributed by atoms with E-state index in [0.29, 0.717) is 43.1 Å². The molecule has 154 valence electrons. The standard InChI is InChI=1S/C22H22F2N6/c1-3-17-9-20(29-30(17)13-16-6-4-5-7-18(16)23)22-27-12-19(24)21(28-22)26-11-15-8-14(2)25-10-15/h4-9,12,25H,2-3,10-11,13H2,1H3,(H,26,27,28). The lowest BCUT2D eigenvalue weighted by Crippen LogP contribution is -2.13. The molecule has 1 aliphatic heterocycles. The largest absolute Gasteiger partial charge is 0.382 e. The molecule has 0 unspecified atom stereocenters. The molecule has 30 heavy (non-hydrogen) atoms. The van der Waals surface area contributed by atoms with Gasteiger partial charge < -0.3 is 10.6 Å². The van der Waals surface area contributed by atoms with Gasteiger partial charge in [0.1, 0.15) is 11.5 Å². The zero-order valence-electron chi connectivity index (χ0n) is 16.6. The van der Waals surface area contributed by atoms with Crippen LogP contribution in [0.3, 0.4) is 0 Å². The second kappa shape index (κ2) is 8.44. The zero-order valence-corrected chi connectivity index (χ0v) is 16.6. The Labute approximate surface area is 173 Å². The highest BCUT2D eigenvalue weighted by molar-refractivity contribution is 5.53. The summed E-state index contributed by atoms with van der Waals surface area (Å²) in [6.07, 6.45) is 3.76. The number of benzene rings is 1. The molecule has 0 aliphatic carbocycles. The van der Waals surface area contributed by atoms with Gasteiger partial charge in [0.2, 0.25) is 0 Å². The minimum Gasteiger partial charge on any atom is -0.382 e. The van der Waals surface area contributed by atoms with Crippen molar-refractivity contribution < 1.29 is 8.78 Å². The maximum absolute atomic E-state index is 14.2. The maximum Gasteiger partial charge on any atom is 0.183 e. The molecule has 0 saturated heterocycles. The van der Waals surface area contributed by atoms with Gasteiger partial charge >= 0.3 is 0 Å². The molecule has 0 atom stereocenters. The van der Waals surface area contributed by atoms with Crippen molar-refractivity contribution in [1.82, 2.24) is 25.1 Å². The van der Waals surface area contributed by atoms with Crippen molar-refractivity contribution in [2.45, 2.75) is 19.9 Å². The van der Waals surface area contributed by atoms with Gasteiger partial charge in [-0.15, -0.1) is 0 Å². The molecule has 0 spiro atoms. The van der Waals surface area contributed by atoms with Gasteiger partial charge in [0.15, 0.2) is 17.5 Å². The van der Waals surface area contributed by atoms with Gasteiger partial charge in [-0.25, -0.2) is 18.7 Å². The third-order valence-corrected chi connectivity index (χ3v) is 4.88. The Balaban J connectivity index is 1.57. The van der Waals surface area contributed by atoms with E-state index >= 15 is 0 Å². The van der Waals surface area contributed by atoms with Gasteiger partial charge in [-0.05, 0) is 30.2 Å². The molecule has 0 radical (unpaired) electrons. The fourth-order valence-corrected chi connectivity index (χ4v) is 3.28. The summed E-state index contributed by atoms with van der Waals surface area (Å²) < 4.78 is 30.0. The van der Waals surface area contributed by atoms with Crippen molar-refractivity contribution in [2.75, 3.05) is 18.4 Å². The van der Waals surface area contributed by atoms with Gasteiger partial charge in [-0.3, -0.25) is 4.68 Å². The van der Waals surface area contributed by atoms with Crippen molar-refractivity contribution in [3.63, 3.8) is 0 Å². The van der Waals surface area contributed by atoms with Crippen LogP contribution in [0.1, 0.15) is 18.2 Å². The first-order chi connectivity index (χ1) is 14.5. The van der Waals surface area contributed by atoms with Crippen LogP contribution in [0.25, 0.3) is 11.5 Å². The number of aromatic nitrogens is 4. The molecule has 2 aromatic heterocycles. The van der Waals surface area contributed by atoms with Crippen LogP contribution in [-0.4, -0.2) is 32.8 Å². The zero-order chi connectivity index (χ0) is 21.1. The van der Waals surface area contributed by atoms with Crippen molar-refractivity contribution in [2.24, 2.45) is 0 Å². The lowest BCUT2D eigenvalue weighted by Gasteiger charge is -2.08. The third-order valence-electron chi connectivity index (χ3n) is 4.88. The number of nitrogens with one attached hydrogen (secondary N) is 2. The number of aryl methyl sites for hydroxylation is 1. The minimum atomic E-state index is -0.536. The fourth-order valence-electron chi connectivity index (χ4n) is 3.28. The molecule has 4 rings (SSSR count). The van der Waals surface area contributed by atoms with Crippen LogP contribution >= 0.6 is 0 Å². The highest BCUT2D eigenvalue weighted by Gasteiger charge is 2.15. The van der Waals surface area contributed by atoms with Crippen molar-refractivity contribution in [1.29, 1.82) is 0 Å². The van der Waals surface area contributed by atoms with E-state index < -0.39 is 5.82 Å². The van der Waals surface area contributed by atoms with Crippen LogP contribution in [0.4, 0.5) is 14.6 Å². The molecule has 0 fully saturated rings. The highest BCUT2D eigenvalue weighted by atomic mass is 19.1. The second-order valence-electron chi connectivity index (χ2n) is 7.05. The van der Waals surface area contributed by atoms with Crippen molar-refractivity contribution >= 4 is 5.82 Å². The molecule has 3 heterocycles. The van der Waals surface area contributed by atoms with E-state index in [0.717, 1.165) is 23.2 Å². The molecule has 0 amide bonds. The number of hydrogen-bond donors (Lipinski definition) is 2. The first kappa shape index (κ1) is 19.8. The van der Waals surface area contributed by atoms with Crippen LogP contribution in [0.5, 0.6) is 0 Å². The van der Waals surface area contributed by atoms with E-state index in [-0.39, 0.29) is 11.6 Å². The smallest absolute Gasteiger partial charge is 0.183 e. The topological polar surface area (TPSA) is 67.7 Å². The summed E-state index contributed by atoms with van der Waals surface area (Å²) in [7, 11) is 0. The lowest BCUT2D eigenvalue weighted by atomic mass is 10.2. The summed E-state index contributed by atoms with van der Waals surface area (Å²) in [6.45, 7) is 7.25. The number of allylic oxidation sites excluding steroid dienone is 1. The molecule has 2 N–H and O–H groups in total. The Morgan fingerprint density at radius 1 is 1.23 bits per heavy atom. The van der Waals surface area contributed by atoms with Gasteiger partial charge in [-0.2, -0.15) is 5.10 Å². The molecule has 3 aromatic rings. The Morgan fingerprint density at radius 2 is 2.07 bits per heavy atom. The van der Waals surface area contributed by atoms with E-state index in [1.165, 1.54) is 6.07 Å². The molecule has 1 aliphatic rings. The summed E-state index contributed by atoms with van der Waals surface area (Å²) >= 11 is 0. The van der Waals surface area contributed by atoms with E-state index in [1.54, 1.807) is 22.9 Å². The van der Waals surface area contributed by atoms with Crippen LogP contribution in [0, 0.1) is 11.6 Å².